The first-order chi connectivity index (χ1) is 10.8. The molecule has 138 valence electrons. The molecule has 0 spiro atoms. The smallest absolute Gasteiger partial charge is 0.190 e. The van der Waals surface area contributed by atoms with Gasteiger partial charge in [-0.25, -0.2) is 0 Å². The molecule has 6 nitrogen and oxygen atoms in total. The van der Waals surface area contributed by atoms with Crippen molar-refractivity contribution >= 4 is 29.9 Å². The first kappa shape index (κ1) is 22.9. The lowest BCUT2D eigenvalue weighted by atomic mass is 10.2. The molecule has 0 aromatic rings. The number of halogens is 1. The van der Waals surface area contributed by atoms with E-state index in [1.54, 1.807) is 0 Å². The highest BCUT2D eigenvalue weighted by Gasteiger charge is 2.12. The summed E-state index contributed by atoms with van der Waals surface area (Å²) in [4.78, 5) is 9.21. The Bertz CT molecular complexity index is 296. The van der Waals surface area contributed by atoms with E-state index in [2.05, 4.69) is 32.5 Å². The van der Waals surface area contributed by atoms with Crippen molar-refractivity contribution in [2.24, 2.45) is 4.99 Å². The van der Waals surface area contributed by atoms with E-state index in [1.165, 1.54) is 45.6 Å². The van der Waals surface area contributed by atoms with Crippen molar-refractivity contribution in [2.45, 2.75) is 26.2 Å². The van der Waals surface area contributed by atoms with Crippen LogP contribution < -0.4 is 10.6 Å². The van der Waals surface area contributed by atoms with Gasteiger partial charge in [0.05, 0.1) is 0 Å². The highest BCUT2D eigenvalue weighted by Crippen LogP contribution is 2.01. The molecule has 1 saturated heterocycles. The van der Waals surface area contributed by atoms with Gasteiger partial charge in [0.15, 0.2) is 5.96 Å². The number of aliphatic imine (C=N–C) groups is 1. The monoisotopic (exact) mass is 441 g/mol. The normalized spacial score (nSPS) is 16.9. The number of rotatable bonds is 10. The molecule has 2 N–H and O–H groups in total. The van der Waals surface area contributed by atoms with Crippen LogP contribution in [0.3, 0.4) is 0 Å². The molecule has 0 aromatic heterocycles. The van der Waals surface area contributed by atoms with Gasteiger partial charge in [-0.2, -0.15) is 0 Å². The fourth-order valence-corrected chi connectivity index (χ4v) is 2.48. The van der Waals surface area contributed by atoms with Gasteiger partial charge in [-0.15, -0.1) is 24.0 Å². The Morgan fingerprint density at radius 1 is 1.04 bits per heavy atom. The zero-order chi connectivity index (χ0) is 16.0. The largest absolute Gasteiger partial charge is 0.382 e. The first-order valence-electron chi connectivity index (χ1n) is 8.69. The van der Waals surface area contributed by atoms with E-state index in [0.29, 0.717) is 0 Å². The molecular formula is C16H36IN5O. The molecule has 0 aliphatic carbocycles. The second kappa shape index (κ2) is 15.4. The van der Waals surface area contributed by atoms with Crippen LogP contribution in [0, 0.1) is 0 Å². The summed E-state index contributed by atoms with van der Waals surface area (Å²) in [6.45, 7) is 11.6. The van der Waals surface area contributed by atoms with Crippen molar-refractivity contribution in [1.29, 1.82) is 0 Å². The van der Waals surface area contributed by atoms with E-state index in [9.17, 15) is 0 Å². The van der Waals surface area contributed by atoms with Crippen LogP contribution in [0.4, 0.5) is 0 Å². The Kier molecular flexibility index (Phi) is 15.3. The van der Waals surface area contributed by atoms with Crippen LogP contribution in [0.15, 0.2) is 4.99 Å². The second-order valence-corrected chi connectivity index (χ2v) is 5.83. The maximum Gasteiger partial charge on any atom is 0.190 e. The summed E-state index contributed by atoms with van der Waals surface area (Å²) in [6.07, 6.45) is 3.45. The summed E-state index contributed by atoms with van der Waals surface area (Å²) in [5, 5.41) is 6.69. The number of likely N-dealkylation sites (N-methyl/N-ethyl adjacent to an activating group) is 1. The SMILES string of the molecule is CCOCCCNC(=NC)NCCCCN1CCN(C)CC1.I. The van der Waals surface area contributed by atoms with Gasteiger partial charge < -0.3 is 25.2 Å². The van der Waals surface area contributed by atoms with Crippen LogP contribution >= 0.6 is 24.0 Å². The molecule has 23 heavy (non-hydrogen) atoms. The fourth-order valence-electron chi connectivity index (χ4n) is 2.48. The number of nitrogens with zero attached hydrogens (tertiary/aromatic N) is 3. The van der Waals surface area contributed by atoms with E-state index in [0.717, 1.165) is 38.7 Å². The van der Waals surface area contributed by atoms with Gasteiger partial charge in [0.2, 0.25) is 0 Å². The topological polar surface area (TPSA) is 52.1 Å². The second-order valence-electron chi connectivity index (χ2n) is 5.83. The lowest BCUT2D eigenvalue weighted by Crippen LogP contribution is -2.44. The minimum Gasteiger partial charge on any atom is -0.382 e. The standard InChI is InChI=1S/C16H35N5O.HI/c1-4-22-15-7-9-19-16(17-2)18-8-5-6-10-21-13-11-20(3)12-14-21;/h4-15H2,1-3H3,(H2,17,18,19);1H. The molecule has 0 saturated carbocycles. The van der Waals surface area contributed by atoms with Crippen molar-refractivity contribution in [1.82, 2.24) is 20.4 Å². The Hall–Kier alpha value is -0.120. The molecule has 1 heterocycles. The highest BCUT2D eigenvalue weighted by atomic mass is 127. The van der Waals surface area contributed by atoms with Crippen LogP contribution in [-0.4, -0.2) is 88.9 Å². The van der Waals surface area contributed by atoms with Gasteiger partial charge in [-0.05, 0) is 39.8 Å². The summed E-state index contributed by atoms with van der Waals surface area (Å²) in [5.41, 5.74) is 0. The molecule has 0 amide bonds. The Balaban J connectivity index is 0.00000484. The molecule has 0 aromatic carbocycles. The van der Waals surface area contributed by atoms with Gasteiger partial charge in [0.1, 0.15) is 0 Å². The molecule has 1 fully saturated rings. The predicted molar refractivity (Wildman–Crippen MR) is 109 cm³/mol. The summed E-state index contributed by atoms with van der Waals surface area (Å²) >= 11 is 0. The quantitative estimate of drug-likeness (QED) is 0.231. The van der Waals surface area contributed by atoms with Crippen LogP contribution in [0.2, 0.25) is 0 Å². The maximum atomic E-state index is 5.32. The molecule has 1 rings (SSSR count). The van der Waals surface area contributed by atoms with E-state index >= 15 is 0 Å². The van der Waals surface area contributed by atoms with Crippen molar-refractivity contribution in [3.05, 3.63) is 0 Å². The van der Waals surface area contributed by atoms with Gasteiger partial charge in [-0.3, -0.25) is 4.99 Å². The van der Waals surface area contributed by atoms with Crippen molar-refractivity contribution < 1.29 is 4.74 Å². The van der Waals surface area contributed by atoms with Crippen molar-refractivity contribution in [2.75, 3.05) is 73.1 Å². The zero-order valence-electron chi connectivity index (χ0n) is 15.1. The molecule has 7 heteroatoms. The maximum absolute atomic E-state index is 5.32. The Morgan fingerprint density at radius 2 is 1.70 bits per heavy atom. The summed E-state index contributed by atoms with van der Waals surface area (Å²) in [6, 6.07) is 0. The van der Waals surface area contributed by atoms with Crippen molar-refractivity contribution in [3.8, 4) is 0 Å². The number of unbranched alkanes of at least 4 members (excludes halogenated alkanes) is 1. The fraction of sp³-hybridized carbons (Fsp3) is 0.938. The van der Waals surface area contributed by atoms with Gasteiger partial charge in [0, 0.05) is 59.5 Å². The number of hydrogen-bond acceptors (Lipinski definition) is 4. The lowest BCUT2D eigenvalue weighted by molar-refractivity contribution is 0.145. The first-order valence-corrected chi connectivity index (χ1v) is 8.69. The Labute approximate surface area is 159 Å². The molecule has 0 atom stereocenters. The zero-order valence-corrected chi connectivity index (χ0v) is 17.5. The average Bonchev–Trinajstić information content (AvgIpc) is 2.54. The molecule has 1 aliphatic heterocycles. The third-order valence-electron chi connectivity index (χ3n) is 3.98. The molecule has 0 bridgehead atoms. The third kappa shape index (κ3) is 12.0. The minimum atomic E-state index is 0. The average molecular weight is 441 g/mol. The number of guanidine groups is 1. The molecule has 1 aliphatic rings. The van der Waals surface area contributed by atoms with E-state index in [-0.39, 0.29) is 24.0 Å². The minimum absolute atomic E-state index is 0. The van der Waals surface area contributed by atoms with E-state index in [4.69, 9.17) is 4.74 Å². The van der Waals surface area contributed by atoms with Gasteiger partial charge in [-0.1, -0.05) is 0 Å². The van der Waals surface area contributed by atoms with Crippen molar-refractivity contribution in [3.63, 3.8) is 0 Å². The van der Waals surface area contributed by atoms with Gasteiger partial charge in [0.25, 0.3) is 0 Å². The molecule has 0 radical (unpaired) electrons. The van der Waals surface area contributed by atoms with E-state index in [1.807, 2.05) is 14.0 Å². The summed E-state index contributed by atoms with van der Waals surface area (Å²) < 4.78 is 5.32. The number of piperazine rings is 1. The number of ether oxygens (including phenoxy) is 1. The highest BCUT2D eigenvalue weighted by molar-refractivity contribution is 14.0. The van der Waals surface area contributed by atoms with Gasteiger partial charge >= 0.3 is 0 Å². The summed E-state index contributed by atoms with van der Waals surface area (Å²) in [5.74, 6) is 0.899. The number of nitrogens with one attached hydrogen (secondary N) is 2. The Morgan fingerprint density at radius 3 is 2.30 bits per heavy atom. The van der Waals surface area contributed by atoms with Crippen LogP contribution in [0.25, 0.3) is 0 Å². The predicted octanol–water partition coefficient (Wildman–Crippen LogP) is 1.22. The molecule has 0 unspecified atom stereocenters. The van der Waals surface area contributed by atoms with Crippen LogP contribution in [0.1, 0.15) is 26.2 Å². The third-order valence-corrected chi connectivity index (χ3v) is 3.98. The number of hydrogen-bond donors (Lipinski definition) is 2. The summed E-state index contributed by atoms with van der Waals surface area (Å²) in [7, 11) is 4.02. The molecular weight excluding hydrogens is 405 g/mol. The van der Waals surface area contributed by atoms with Crippen LogP contribution in [0.5, 0.6) is 0 Å². The lowest BCUT2D eigenvalue weighted by Gasteiger charge is -2.32. The van der Waals surface area contributed by atoms with E-state index < -0.39 is 0 Å². The van der Waals surface area contributed by atoms with Crippen LogP contribution in [-0.2, 0) is 4.74 Å².